The molecule has 2 heterocycles. The van der Waals surface area contributed by atoms with Crippen LogP contribution in [0.1, 0.15) is 16.2 Å². The van der Waals surface area contributed by atoms with Gasteiger partial charge in [0.2, 0.25) is 0 Å². The number of methoxy groups -OCH3 is 1. The summed E-state index contributed by atoms with van der Waals surface area (Å²) in [6.07, 6.45) is 1.75. The molecule has 0 aliphatic carbocycles. The largest absolute Gasteiger partial charge is 0.464 e. The molecule has 0 bridgehead atoms. The minimum atomic E-state index is -0.451. The van der Waals surface area contributed by atoms with Crippen LogP contribution >= 0.6 is 0 Å². The molecule has 0 spiro atoms. The second-order valence-electron chi connectivity index (χ2n) is 2.89. The third-order valence-corrected chi connectivity index (χ3v) is 1.86. The fraction of sp³-hybridized carbons (Fsp3) is 0.222. The van der Waals surface area contributed by atoms with E-state index in [1.165, 1.54) is 7.11 Å². The Morgan fingerprint density at radius 1 is 1.57 bits per heavy atom. The zero-order valence-corrected chi connectivity index (χ0v) is 7.89. The van der Waals surface area contributed by atoms with E-state index in [0.29, 0.717) is 5.65 Å². The number of aromatic nitrogens is 3. The van der Waals surface area contributed by atoms with Gasteiger partial charge in [0.25, 0.3) is 0 Å². The Balaban J connectivity index is 2.56. The van der Waals surface area contributed by atoms with Crippen molar-refractivity contribution in [2.24, 2.45) is 0 Å². The Hall–Kier alpha value is -1.91. The highest BCUT2D eigenvalue weighted by molar-refractivity contribution is 5.88. The molecule has 0 fully saturated rings. The van der Waals surface area contributed by atoms with Crippen molar-refractivity contribution >= 4 is 11.6 Å². The molecule has 2 aromatic heterocycles. The van der Waals surface area contributed by atoms with Crippen LogP contribution in [0.5, 0.6) is 0 Å². The molecule has 5 heteroatoms. The number of hydrogen-bond donors (Lipinski definition) is 0. The summed E-state index contributed by atoms with van der Waals surface area (Å²) in [6, 6.07) is 3.42. The van der Waals surface area contributed by atoms with Crippen LogP contribution < -0.4 is 0 Å². The smallest absolute Gasteiger partial charge is 0.358 e. The van der Waals surface area contributed by atoms with Crippen molar-refractivity contribution in [2.75, 3.05) is 7.11 Å². The van der Waals surface area contributed by atoms with Gasteiger partial charge in [0.15, 0.2) is 11.3 Å². The first-order valence-corrected chi connectivity index (χ1v) is 4.12. The number of hydrogen-bond acceptors (Lipinski definition) is 4. The van der Waals surface area contributed by atoms with E-state index in [4.69, 9.17) is 0 Å². The molecule has 0 saturated heterocycles. The Morgan fingerprint density at radius 2 is 2.36 bits per heavy atom. The molecule has 0 aromatic carbocycles. The maximum atomic E-state index is 11.1. The second-order valence-corrected chi connectivity index (χ2v) is 2.89. The van der Waals surface area contributed by atoms with E-state index in [9.17, 15) is 4.79 Å². The summed E-state index contributed by atoms with van der Waals surface area (Å²) in [5.41, 5.74) is 1.80. The molecule has 2 aromatic rings. The van der Waals surface area contributed by atoms with Crippen molar-refractivity contribution in [3.8, 4) is 0 Å². The molecule has 0 radical (unpaired) electrons. The van der Waals surface area contributed by atoms with E-state index in [1.54, 1.807) is 16.8 Å². The Labute approximate surface area is 80.3 Å². The Kier molecular flexibility index (Phi) is 1.92. The summed E-state index contributed by atoms with van der Waals surface area (Å²) in [5, 5.41) is 4.00. The number of ether oxygens (including phenoxy) is 1. The SMILES string of the molecule is COC(=O)c1cc2nc(C)ccn2n1. The molecule has 72 valence electrons. The van der Waals surface area contributed by atoms with E-state index < -0.39 is 5.97 Å². The topological polar surface area (TPSA) is 56.5 Å². The highest BCUT2D eigenvalue weighted by Crippen LogP contribution is 2.05. The minimum Gasteiger partial charge on any atom is -0.464 e. The van der Waals surface area contributed by atoms with Crippen LogP contribution in [-0.4, -0.2) is 27.7 Å². The lowest BCUT2D eigenvalue weighted by molar-refractivity contribution is 0.0593. The lowest BCUT2D eigenvalue weighted by Crippen LogP contribution is -2.01. The first-order valence-electron chi connectivity index (χ1n) is 4.12. The molecule has 0 unspecified atom stereocenters. The lowest BCUT2D eigenvalue weighted by atomic mass is 10.4. The highest BCUT2D eigenvalue weighted by Gasteiger charge is 2.10. The van der Waals surface area contributed by atoms with E-state index in [-0.39, 0.29) is 5.69 Å². The first kappa shape index (κ1) is 8.68. The van der Waals surface area contributed by atoms with Crippen molar-refractivity contribution < 1.29 is 9.53 Å². The summed E-state index contributed by atoms with van der Waals surface area (Å²) < 4.78 is 6.09. The Morgan fingerprint density at radius 3 is 3.07 bits per heavy atom. The third kappa shape index (κ3) is 1.32. The summed E-state index contributed by atoms with van der Waals surface area (Å²) in [5.74, 6) is -0.451. The van der Waals surface area contributed by atoms with E-state index in [1.807, 2.05) is 13.0 Å². The van der Waals surface area contributed by atoms with Gasteiger partial charge in [-0.3, -0.25) is 0 Å². The Bertz CT molecular complexity index is 490. The molecular weight excluding hydrogens is 182 g/mol. The van der Waals surface area contributed by atoms with Crippen molar-refractivity contribution in [2.45, 2.75) is 6.92 Å². The zero-order valence-electron chi connectivity index (χ0n) is 7.89. The number of aryl methyl sites for hydroxylation is 1. The van der Waals surface area contributed by atoms with Crippen LogP contribution in [0.3, 0.4) is 0 Å². The number of nitrogens with zero attached hydrogens (tertiary/aromatic N) is 3. The monoisotopic (exact) mass is 191 g/mol. The van der Waals surface area contributed by atoms with Gasteiger partial charge >= 0.3 is 5.97 Å². The quantitative estimate of drug-likeness (QED) is 0.626. The van der Waals surface area contributed by atoms with Crippen LogP contribution in [0.2, 0.25) is 0 Å². The van der Waals surface area contributed by atoms with Crippen LogP contribution in [0.4, 0.5) is 0 Å². The highest BCUT2D eigenvalue weighted by atomic mass is 16.5. The molecule has 0 saturated carbocycles. The van der Waals surface area contributed by atoms with Gasteiger partial charge in [-0.25, -0.2) is 14.3 Å². The van der Waals surface area contributed by atoms with Crippen molar-refractivity contribution in [3.05, 3.63) is 29.7 Å². The first-order chi connectivity index (χ1) is 6.70. The molecule has 0 aliphatic rings. The van der Waals surface area contributed by atoms with Crippen LogP contribution in [0.25, 0.3) is 5.65 Å². The van der Waals surface area contributed by atoms with Gasteiger partial charge in [0.05, 0.1) is 7.11 Å². The number of fused-ring (bicyclic) bond motifs is 1. The number of carbonyl (C=O) groups is 1. The van der Waals surface area contributed by atoms with Gasteiger partial charge in [0, 0.05) is 18.0 Å². The van der Waals surface area contributed by atoms with Gasteiger partial charge in [0.1, 0.15) is 0 Å². The van der Waals surface area contributed by atoms with Gasteiger partial charge in [-0.15, -0.1) is 0 Å². The summed E-state index contributed by atoms with van der Waals surface area (Å²) >= 11 is 0. The molecule has 0 N–H and O–H groups in total. The van der Waals surface area contributed by atoms with Crippen LogP contribution in [-0.2, 0) is 4.74 Å². The van der Waals surface area contributed by atoms with Gasteiger partial charge in [-0.2, -0.15) is 5.10 Å². The molecule has 0 atom stereocenters. The van der Waals surface area contributed by atoms with E-state index >= 15 is 0 Å². The maximum absolute atomic E-state index is 11.1. The predicted molar refractivity (Wildman–Crippen MR) is 49.1 cm³/mol. The van der Waals surface area contributed by atoms with Crippen molar-refractivity contribution in [1.29, 1.82) is 0 Å². The lowest BCUT2D eigenvalue weighted by Gasteiger charge is -1.92. The molecule has 0 amide bonds. The van der Waals surface area contributed by atoms with Gasteiger partial charge in [-0.1, -0.05) is 0 Å². The van der Waals surface area contributed by atoms with Gasteiger partial charge in [-0.05, 0) is 13.0 Å². The predicted octanol–water partition coefficient (Wildman–Crippen LogP) is 0.824. The second kappa shape index (κ2) is 3.10. The third-order valence-electron chi connectivity index (χ3n) is 1.86. The standard InChI is InChI=1S/C9H9N3O2/c1-6-3-4-12-8(10-6)5-7(11-12)9(13)14-2/h3-5H,1-2H3. The number of esters is 1. The molecule has 2 rings (SSSR count). The minimum absolute atomic E-state index is 0.269. The molecular formula is C9H9N3O2. The number of rotatable bonds is 1. The van der Waals surface area contributed by atoms with E-state index in [2.05, 4.69) is 14.8 Å². The summed E-state index contributed by atoms with van der Waals surface area (Å²) in [6.45, 7) is 1.88. The van der Waals surface area contributed by atoms with Crippen molar-refractivity contribution in [3.63, 3.8) is 0 Å². The maximum Gasteiger partial charge on any atom is 0.358 e. The summed E-state index contributed by atoms with van der Waals surface area (Å²) in [7, 11) is 1.32. The fourth-order valence-electron chi connectivity index (χ4n) is 1.18. The van der Waals surface area contributed by atoms with Crippen LogP contribution in [0.15, 0.2) is 18.3 Å². The average molecular weight is 191 g/mol. The fourth-order valence-corrected chi connectivity index (χ4v) is 1.18. The zero-order chi connectivity index (χ0) is 10.1. The molecule has 0 aliphatic heterocycles. The molecule has 14 heavy (non-hydrogen) atoms. The van der Waals surface area contributed by atoms with E-state index in [0.717, 1.165) is 5.69 Å². The van der Waals surface area contributed by atoms with Gasteiger partial charge < -0.3 is 4.74 Å². The number of carbonyl (C=O) groups excluding carboxylic acids is 1. The summed E-state index contributed by atoms with van der Waals surface area (Å²) in [4.78, 5) is 15.3. The average Bonchev–Trinajstić information content (AvgIpc) is 2.59. The normalized spacial score (nSPS) is 10.4. The van der Waals surface area contributed by atoms with Crippen LogP contribution in [0, 0.1) is 6.92 Å². The molecule has 5 nitrogen and oxygen atoms in total. The van der Waals surface area contributed by atoms with Crippen molar-refractivity contribution in [1.82, 2.24) is 14.6 Å².